The summed E-state index contributed by atoms with van der Waals surface area (Å²) in [5.41, 5.74) is 0.946. The molecule has 0 aliphatic heterocycles. The van der Waals surface area contributed by atoms with E-state index < -0.39 is 0 Å². The van der Waals surface area contributed by atoms with Crippen molar-refractivity contribution in [2.24, 2.45) is 0 Å². The average Bonchev–Trinajstić information content (AvgIpc) is 2.24. The number of benzene rings is 1. The van der Waals surface area contributed by atoms with Crippen molar-refractivity contribution < 1.29 is 0 Å². The topological polar surface area (TPSA) is 12.0 Å². The van der Waals surface area contributed by atoms with Gasteiger partial charge in [-0.3, -0.25) is 5.32 Å². The number of hydrogen-bond acceptors (Lipinski definition) is 1. The molecule has 0 bridgehead atoms. The molecule has 3 heteroatoms. The van der Waals surface area contributed by atoms with Crippen LogP contribution in [0.3, 0.4) is 0 Å². The van der Waals surface area contributed by atoms with Gasteiger partial charge in [0.2, 0.25) is 0 Å². The third-order valence-corrected chi connectivity index (χ3v) is 2.87. The molecule has 0 aromatic heterocycles. The zero-order valence-corrected chi connectivity index (χ0v) is 10.9. The zero-order chi connectivity index (χ0) is 11.3. The molecule has 0 aliphatic rings. The lowest BCUT2D eigenvalue weighted by molar-refractivity contribution is 0.626. The van der Waals surface area contributed by atoms with Gasteiger partial charge in [-0.15, -0.1) is 6.42 Å². The fraction of sp³-hybridized carbons (Fsp3) is 0.333. The number of terminal acetylenes is 1. The van der Waals surface area contributed by atoms with Crippen molar-refractivity contribution in [2.75, 3.05) is 6.54 Å². The Labute approximate surface area is 104 Å². The average molecular weight is 287 g/mol. The lowest BCUT2D eigenvalue weighted by Crippen LogP contribution is -2.20. The molecule has 1 N–H and O–H groups in total. The normalized spacial score (nSPS) is 12.1. The summed E-state index contributed by atoms with van der Waals surface area (Å²) in [6.07, 6.45) is 6.52. The van der Waals surface area contributed by atoms with Crippen LogP contribution >= 0.6 is 27.5 Å². The molecule has 0 heterocycles. The Morgan fingerprint density at radius 2 is 2.33 bits per heavy atom. The predicted octanol–water partition coefficient (Wildman–Crippen LogP) is 3.78. The molecular weight excluding hydrogens is 273 g/mol. The molecule has 0 aliphatic carbocycles. The van der Waals surface area contributed by atoms with E-state index in [0.29, 0.717) is 5.02 Å². The molecule has 0 radical (unpaired) electrons. The summed E-state index contributed by atoms with van der Waals surface area (Å²) in [6, 6.07) is 5.59. The van der Waals surface area contributed by atoms with E-state index in [1.807, 2.05) is 18.2 Å². The van der Waals surface area contributed by atoms with Gasteiger partial charge in [-0.05, 0) is 31.2 Å². The second-order valence-electron chi connectivity index (χ2n) is 3.22. The summed E-state index contributed by atoms with van der Waals surface area (Å²) in [5, 5.41) is 3.96. The molecule has 0 amide bonds. The van der Waals surface area contributed by atoms with Crippen molar-refractivity contribution in [3.05, 3.63) is 33.3 Å². The number of hydrogen-bond donors (Lipinski definition) is 1. The Morgan fingerprint density at radius 3 is 2.93 bits per heavy atom. The van der Waals surface area contributed by atoms with Crippen LogP contribution in [0.4, 0.5) is 0 Å². The molecule has 1 nitrogen and oxygen atoms in total. The molecule has 0 saturated carbocycles. The summed E-state index contributed by atoms with van der Waals surface area (Å²) in [5.74, 6) is 2.70. The van der Waals surface area contributed by atoms with Gasteiger partial charge in [0.15, 0.2) is 0 Å². The molecule has 80 valence electrons. The van der Waals surface area contributed by atoms with E-state index in [9.17, 15) is 0 Å². The Morgan fingerprint density at radius 1 is 1.60 bits per heavy atom. The Bertz CT molecular complexity index is 370. The highest BCUT2D eigenvalue weighted by Gasteiger charge is 2.11. The maximum Gasteiger partial charge on any atom is 0.0958 e. The van der Waals surface area contributed by atoms with Crippen LogP contribution in [0, 0.1) is 12.3 Å². The van der Waals surface area contributed by atoms with Crippen molar-refractivity contribution in [3.8, 4) is 12.3 Å². The lowest BCUT2D eigenvalue weighted by atomic mass is 10.1. The third-order valence-electron chi connectivity index (χ3n) is 2.03. The number of nitrogens with one attached hydrogen (secondary N) is 1. The van der Waals surface area contributed by atoms with E-state index in [-0.39, 0.29) is 6.04 Å². The van der Waals surface area contributed by atoms with Crippen LogP contribution in [0.1, 0.15) is 24.9 Å². The van der Waals surface area contributed by atoms with E-state index in [1.165, 1.54) is 0 Å². The minimum Gasteiger partial charge on any atom is -0.300 e. The van der Waals surface area contributed by atoms with Gasteiger partial charge in [0.25, 0.3) is 0 Å². The molecule has 1 rings (SSSR count). The Hall–Kier alpha value is -0.490. The smallest absolute Gasteiger partial charge is 0.0958 e. The van der Waals surface area contributed by atoms with Crippen molar-refractivity contribution in [2.45, 2.75) is 19.4 Å². The molecule has 0 fully saturated rings. The SMILES string of the molecule is C#CC(NCCC)c1cc(Br)ccc1Cl. The maximum atomic E-state index is 6.09. The van der Waals surface area contributed by atoms with Gasteiger partial charge >= 0.3 is 0 Å². The van der Waals surface area contributed by atoms with E-state index in [2.05, 4.69) is 34.1 Å². The van der Waals surface area contributed by atoms with E-state index in [0.717, 1.165) is 23.0 Å². The summed E-state index contributed by atoms with van der Waals surface area (Å²) in [7, 11) is 0. The first-order valence-electron chi connectivity index (χ1n) is 4.83. The molecule has 1 aromatic rings. The second kappa shape index (κ2) is 6.17. The molecular formula is C12H13BrClN. The standard InChI is InChI=1S/C12H13BrClN/c1-3-7-15-12(4-2)10-8-9(13)5-6-11(10)14/h2,5-6,8,12,15H,3,7H2,1H3. The molecule has 15 heavy (non-hydrogen) atoms. The van der Waals surface area contributed by atoms with Gasteiger partial charge in [-0.25, -0.2) is 0 Å². The summed E-state index contributed by atoms with van der Waals surface area (Å²) >= 11 is 9.50. The molecule has 1 aromatic carbocycles. The van der Waals surface area contributed by atoms with Crippen LogP contribution < -0.4 is 5.32 Å². The van der Waals surface area contributed by atoms with Crippen LogP contribution in [0.5, 0.6) is 0 Å². The van der Waals surface area contributed by atoms with Crippen molar-refractivity contribution in [1.82, 2.24) is 5.32 Å². The first-order valence-corrected chi connectivity index (χ1v) is 6.00. The van der Waals surface area contributed by atoms with Crippen LogP contribution in [0.2, 0.25) is 5.02 Å². The predicted molar refractivity (Wildman–Crippen MR) is 69.0 cm³/mol. The summed E-state index contributed by atoms with van der Waals surface area (Å²) < 4.78 is 0.987. The highest BCUT2D eigenvalue weighted by molar-refractivity contribution is 9.10. The Balaban J connectivity index is 2.91. The molecule has 1 unspecified atom stereocenters. The maximum absolute atomic E-state index is 6.09. The van der Waals surface area contributed by atoms with Gasteiger partial charge in [0.05, 0.1) is 6.04 Å². The van der Waals surface area contributed by atoms with Gasteiger partial charge in [0, 0.05) is 15.1 Å². The van der Waals surface area contributed by atoms with Gasteiger partial charge in [0.1, 0.15) is 0 Å². The van der Waals surface area contributed by atoms with Crippen molar-refractivity contribution in [3.63, 3.8) is 0 Å². The number of halogens is 2. The Kier molecular flexibility index (Phi) is 5.17. The second-order valence-corrected chi connectivity index (χ2v) is 4.54. The molecule has 1 atom stereocenters. The van der Waals surface area contributed by atoms with E-state index >= 15 is 0 Å². The lowest BCUT2D eigenvalue weighted by Gasteiger charge is -2.14. The summed E-state index contributed by atoms with van der Waals surface area (Å²) in [4.78, 5) is 0. The molecule has 0 saturated heterocycles. The monoisotopic (exact) mass is 285 g/mol. The largest absolute Gasteiger partial charge is 0.300 e. The van der Waals surface area contributed by atoms with Crippen LogP contribution in [0.15, 0.2) is 22.7 Å². The van der Waals surface area contributed by atoms with Crippen molar-refractivity contribution in [1.29, 1.82) is 0 Å². The third kappa shape index (κ3) is 3.53. The minimum atomic E-state index is -0.116. The van der Waals surface area contributed by atoms with Crippen LogP contribution in [-0.4, -0.2) is 6.54 Å². The van der Waals surface area contributed by atoms with Gasteiger partial charge < -0.3 is 0 Å². The van der Waals surface area contributed by atoms with Gasteiger partial charge in [-0.1, -0.05) is 40.4 Å². The molecule has 0 spiro atoms. The zero-order valence-electron chi connectivity index (χ0n) is 8.56. The highest BCUT2D eigenvalue weighted by atomic mass is 79.9. The first kappa shape index (κ1) is 12.6. The first-order chi connectivity index (χ1) is 7.19. The minimum absolute atomic E-state index is 0.116. The van der Waals surface area contributed by atoms with Crippen LogP contribution in [-0.2, 0) is 0 Å². The fourth-order valence-electron chi connectivity index (χ4n) is 1.28. The fourth-order valence-corrected chi connectivity index (χ4v) is 1.89. The summed E-state index contributed by atoms with van der Waals surface area (Å²) in [6.45, 7) is 2.99. The number of rotatable bonds is 4. The van der Waals surface area contributed by atoms with E-state index in [1.54, 1.807) is 0 Å². The van der Waals surface area contributed by atoms with Gasteiger partial charge in [-0.2, -0.15) is 0 Å². The van der Waals surface area contributed by atoms with Crippen molar-refractivity contribution >= 4 is 27.5 Å². The van der Waals surface area contributed by atoms with E-state index in [4.69, 9.17) is 18.0 Å². The van der Waals surface area contributed by atoms with Crippen LogP contribution in [0.25, 0.3) is 0 Å². The highest BCUT2D eigenvalue weighted by Crippen LogP contribution is 2.26. The quantitative estimate of drug-likeness (QED) is 0.831.